The zero-order valence-corrected chi connectivity index (χ0v) is 15.2. The summed E-state index contributed by atoms with van der Waals surface area (Å²) < 4.78 is 5.34. The van der Waals surface area contributed by atoms with E-state index in [9.17, 15) is 14.4 Å². The molecular formula is C19H22N2O5. The molecule has 0 radical (unpaired) electrons. The Morgan fingerprint density at radius 2 is 1.81 bits per heavy atom. The Bertz CT molecular complexity index is 852. The Labute approximate surface area is 151 Å². The molecule has 0 bridgehead atoms. The number of hydrogen-bond acceptors (Lipinski definition) is 4. The van der Waals surface area contributed by atoms with Crippen molar-refractivity contribution in [3.05, 3.63) is 52.5 Å². The maximum absolute atomic E-state index is 12.3. The first-order chi connectivity index (χ1) is 12.2. The lowest BCUT2D eigenvalue weighted by atomic mass is 10.1. The molecule has 2 amide bonds. The SMILES string of the molecule is CCc1oc(C(=O)Nc2ccc(C(=O)NC(C)C)c(C)c2)cc1C(=O)O. The van der Waals surface area contributed by atoms with Crippen LogP contribution in [0, 0.1) is 6.92 Å². The number of amides is 2. The zero-order chi connectivity index (χ0) is 19.4. The van der Waals surface area contributed by atoms with Gasteiger partial charge in [0, 0.05) is 29.8 Å². The number of hydrogen-bond donors (Lipinski definition) is 3. The van der Waals surface area contributed by atoms with Gasteiger partial charge in [-0.15, -0.1) is 0 Å². The normalized spacial score (nSPS) is 10.7. The van der Waals surface area contributed by atoms with Crippen LogP contribution in [0.3, 0.4) is 0 Å². The highest BCUT2D eigenvalue weighted by molar-refractivity contribution is 6.04. The van der Waals surface area contributed by atoms with Gasteiger partial charge in [0.2, 0.25) is 0 Å². The predicted octanol–water partition coefficient (Wildman–Crippen LogP) is 3.24. The molecule has 0 spiro atoms. The van der Waals surface area contributed by atoms with Gasteiger partial charge in [-0.2, -0.15) is 0 Å². The van der Waals surface area contributed by atoms with Crippen LogP contribution >= 0.6 is 0 Å². The lowest BCUT2D eigenvalue weighted by Crippen LogP contribution is -2.30. The molecule has 26 heavy (non-hydrogen) atoms. The van der Waals surface area contributed by atoms with Crippen LogP contribution in [0.25, 0.3) is 0 Å². The van der Waals surface area contributed by atoms with Gasteiger partial charge in [-0.25, -0.2) is 4.79 Å². The monoisotopic (exact) mass is 358 g/mol. The van der Waals surface area contributed by atoms with Crippen molar-refractivity contribution in [3.63, 3.8) is 0 Å². The minimum absolute atomic E-state index is 0.0189. The molecule has 1 aromatic heterocycles. The summed E-state index contributed by atoms with van der Waals surface area (Å²) in [6, 6.07) is 6.16. The Morgan fingerprint density at radius 3 is 2.31 bits per heavy atom. The molecule has 0 aliphatic carbocycles. The van der Waals surface area contributed by atoms with Gasteiger partial charge in [0.15, 0.2) is 5.76 Å². The van der Waals surface area contributed by atoms with Crippen molar-refractivity contribution >= 4 is 23.5 Å². The highest BCUT2D eigenvalue weighted by Gasteiger charge is 2.20. The van der Waals surface area contributed by atoms with Crippen LogP contribution in [-0.4, -0.2) is 28.9 Å². The predicted molar refractivity (Wildman–Crippen MR) is 96.8 cm³/mol. The van der Waals surface area contributed by atoms with E-state index in [0.717, 1.165) is 0 Å². The third-order valence-electron chi connectivity index (χ3n) is 3.73. The Hall–Kier alpha value is -3.09. The van der Waals surface area contributed by atoms with Crippen LogP contribution < -0.4 is 10.6 Å². The number of furan rings is 1. The van der Waals surface area contributed by atoms with E-state index in [1.807, 2.05) is 13.8 Å². The van der Waals surface area contributed by atoms with Gasteiger partial charge in [0.1, 0.15) is 11.3 Å². The van der Waals surface area contributed by atoms with Crippen LogP contribution in [0.2, 0.25) is 0 Å². The van der Waals surface area contributed by atoms with Gasteiger partial charge in [0.25, 0.3) is 11.8 Å². The largest absolute Gasteiger partial charge is 0.478 e. The average molecular weight is 358 g/mol. The van der Waals surface area contributed by atoms with Crippen molar-refractivity contribution in [2.75, 3.05) is 5.32 Å². The van der Waals surface area contributed by atoms with Crippen molar-refractivity contribution in [3.8, 4) is 0 Å². The summed E-state index contributed by atoms with van der Waals surface area (Å²) in [6.45, 7) is 7.27. The minimum Gasteiger partial charge on any atom is -0.478 e. The molecule has 0 aliphatic heterocycles. The van der Waals surface area contributed by atoms with E-state index in [4.69, 9.17) is 9.52 Å². The van der Waals surface area contributed by atoms with E-state index >= 15 is 0 Å². The topological polar surface area (TPSA) is 109 Å². The number of carboxylic acids is 1. The number of rotatable bonds is 6. The lowest BCUT2D eigenvalue weighted by Gasteiger charge is -2.12. The lowest BCUT2D eigenvalue weighted by molar-refractivity contribution is 0.0694. The first-order valence-corrected chi connectivity index (χ1v) is 8.31. The fraction of sp³-hybridized carbons (Fsp3) is 0.316. The van der Waals surface area contributed by atoms with E-state index in [1.54, 1.807) is 32.0 Å². The van der Waals surface area contributed by atoms with Crippen molar-refractivity contribution in [1.82, 2.24) is 5.32 Å². The molecule has 138 valence electrons. The summed E-state index contributed by atoms with van der Waals surface area (Å²) in [6.07, 6.45) is 0.369. The molecule has 3 N–H and O–H groups in total. The summed E-state index contributed by atoms with van der Waals surface area (Å²) in [5.41, 5.74) is 1.70. The zero-order valence-electron chi connectivity index (χ0n) is 15.2. The molecule has 0 aliphatic rings. The van der Waals surface area contributed by atoms with Gasteiger partial charge in [-0.05, 0) is 44.5 Å². The van der Waals surface area contributed by atoms with Gasteiger partial charge in [-0.1, -0.05) is 6.92 Å². The summed E-state index contributed by atoms with van der Waals surface area (Å²) >= 11 is 0. The smallest absolute Gasteiger partial charge is 0.339 e. The van der Waals surface area contributed by atoms with Crippen LogP contribution in [0.5, 0.6) is 0 Å². The van der Waals surface area contributed by atoms with Crippen molar-refractivity contribution in [2.45, 2.75) is 40.2 Å². The van der Waals surface area contributed by atoms with Gasteiger partial charge >= 0.3 is 5.97 Å². The number of nitrogens with one attached hydrogen (secondary N) is 2. The number of carboxylic acid groups (broad SMARTS) is 1. The van der Waals surface area contributed by atoms with Crippen LogP contribution in [0.15, 0.2) is 28.7 Å². The minimum atomic E-state index is -1.14. The molecule has 1 aromatic carbocycles. The van der Waals surface area contributed by atoms with Crippen molar-refractivity contribution < 1.29 is 23.9 Å². The van der Waals surface area contributed by atoms with E-state index in [2.05, 4.69) is 10.6 Å². The number of aromatic carboxylic acids is 1. The van der Waals surface area contributed by atoms with E-state index in [1.165, 1.54) is 6.07 Å². The van der Waals surface area contributed by atoms with E-state index in [0.29, 0.717) is 23.2 Å². The van der Waals surface area contributed by atoms with Crippen LogP contribution in [0.1, 0.15) is 63.4 Å². The molecular weight excluding hydrogens is 336 g/mol. The molecule has 0 saturated carbocycles. The second kappa shape index (κ2) is 7.86. The second-order valence-corrected chi connectivity index (χ2v) is 6.22. The molecule has 0 unspecified atom stereocenters. The number of carbonyl (C=O) groups excluding carboxylic acids is 2. The molecule has 0 atom stereocenters. The first kappa shape index (κ1) is 19.2. The van der Waals surface area contributed by atoms with E-state index < -0.39 is 11.9 Å². The maximum atomic E-state index is 12.3. The summed E-state index contributed by atoms with van der Waals surface area (Å²) in [4.78, 5) is 35.6. The maximum Gasteiger partial charge on any atom is 0.339 e. The highest BCUT2D eigenvalue weighted by Crippen LogP contribution is 2.20. The Kier molecular flexibility index (Phi) is 5.82. The molecule has 0 fully saturated rings. The average Bonchev–Trinajstić information content (AvgIpc) is 2.98. The highest BCUT2D eigenvalue weighted by atomic mass is 16.4. The van der Waals surface area contributed by atoms with Gasteiger partial charge in [0.05, 0.1) is 0 Å². The molecule has 7 heteroatoms. The second-order valence-electron chi connectivity index (χ2n) is 6.22. The third kappa shape index (κ3) is 4.30. The van der Waals surface area contributed by atoms with Crippen molar-refractivity contribution in [1.29, 1.82) is 0 Å². The van der Waals surface area contributed by atoms with Gasteiger partial charge < -0.3 is 20.2 Å². The number of benzene rings is 1. The van der Waals surface area contributed by atoms with Crippen LogP contribution in [0.4, 0.5) is 5.69 Å². The number of aryl methyl sites for hydroxylation is 2. The molecule has 1 heterocycles. The molecule has 2 aromatic rings. The third-order valence-corrected chi connectivity index (χ3v) is 3.73. The fourth-order valence-corrected chi connectivity index (χ4v) is 2.51. The molecule has 2 rings (SSSR count). The fourth-order valence-electron chi connectivity index (χ4n) is 2.51. The number of anilines is 1. The standard InChI is InChI=1S/C19H22N2O5/c1-5-15-14(19(24)25)9-16(26-15)18(23)21-12-6-7-13(11(4)8-12)17(22)20-10(2)3/h6-10H,5H2,1-4H3,(H,20,22)(H,21,23)(H,24,25). The van der Waals surface area contributed by atoms with Gasteiger partial charge in [-0.3, -0.25) is 9.59 Å². The Morgan fingerprint density at radius 1 is 1.12 bits per heavy atom. The molecule has 7 nitrogen and oxygen atoms in total. The van der Waals surface area contributed by atoms with Crippen molar-refractivity contribution in [2.24, 2.45) is 0 Å². The van der Waals surface area contributed by atoms with E-state index in [-0.39, 0.29) is 29.0 Å². The quantitative estimate of drug-likeness (QED) is 0.734. The number of carbonyl (C=O) groups is 3. The Balaban J connectivity index is 2.18. The summed E-state index contributed by atoms with van der Waals surface area (Å²) in [5, 5.41) is 14.6. The first-order valence-electron chi connectivity index (χ1n) is 8.31. The summed E-state index contributed by atoms with van der Waals surface area (Å²) in [5.74, 6) is -1.69. The summed E-state index contributed by atoms with van der Waals surface area (Å²) in [7, 11) is 0. The van der Waals surface area contributed by atoms with Crippen LogP contribution in [-0.2, 0) is 6.42 Å². The molecule has 0 saturated heterocycles.